The van der Waals surface area contributed by atoms with Gasteiger partial charge in [-0.2, -0.15) is 5.26 Å². The maximum Gasteiger partial charge on any atom is 0.309 e. The molecule has 1 aliphatic heterocycles. The molecule has 0 unspecified atom stereocenters. The third-order valence-electron chi connectivity index (χ3n) is 4.72. The Hall–Kier alpha value is -3.01. The van der Waals surface area contributed by atoms with Crippen molar-refractivity contribution in [2.45, 2.75) is 26.2 Å². The molecule has 150 valence electrons. The highest BCUT2D eigenvalue weighted by atomic mass is 16.5. The molecular weight excluding hydrogens is 358 g/mol. The van der Waals surface area contributed by atoms with Gasteiger partial charge in [-0.3, -0.25) is 9.59 Å². The zero-order valence-electron chi connectivity index (χ0n) is 16.4. The standard InChI is InChI=1S/C21H27N3O4/c1-3-28-21(26)17-9-12-24(13-10-17)20(25)18(14-22)15-23-11-8-16-4-6-19(27-2)7-5-16/h4-7,15,17,23H,3,8-13H2,1-2H3/b18-15-. The van der Waals surface area contributed by atoms with Crippen molar-refractivity contribution in [2.75, 3.05) is 33.4 Å². The lowest BCUT2D eigenvalue weighted by Gasteiger charge is -2.30. The second-order valence-electron chi connectivity index (χ2n) is 6.54. The number of nitrogens with one attached hydrogen (secondary N) is 1. The van der Waals surface area contributed by atoms with Gasteiger partial charge in [-0.15, -0.1) is 0 Å². The summed E-state index contributed by atoms with van der Waals surface area (Å²) in [5.74, 6) is 0.134. The van der Waals surface area contributed by atoms with Crippen molar-refractivity contribution < 1.29 is 19.1 Å². The van der Waals surface area contributed by atoms with Crippen molar-refractivity contribution in [3.05, 3.63) is 41.6 Å². The van der Waals surface area contributed by atoms with Gasteiger partial charge in [0.05, 0.1) is 19.6 Å². The normalized spacial score (nSPS) is 14.9. The molecule has 0 bridgehead atoms. The van der Waals surface area contributed by atoms with Gasteiger partial charge >= 0.3 is 5.97 Å². The molecule has 1 saturated heterocycles. The van der Waals surface area contributed by atoms with Crippen LogP contribution in [0.5, 0.6) is 5.75 Å². The lowest BCUT2D eigenvalue weighted by atomic mass is 9.96. The molecule has 0 saturated carbocycles. The van der Waals surface area contributed by atoms with Crippen molar-refractivity contribution >= 4 is 11.9 Å². The lowest BCUT2D eigenvalue weighted by molar-refractivity contribution is -0.150. The fraction of sp³-hybridized carbons (Fsp3) is 0.476. The van der Waals surface area contributed by atoms with Crippen molar-refractivity contribution in [3.8, 4) is 11.8 Å². The number of benzene rings is 1. The smallest absolute Gasteiger partial charge is 0.309 e. The van der Waals surface area contributed by atoms with Crippen LogP contribution in [0, 0.1) is 17.2 Å². The minimum Gasteiger partial charge on any atom is -0.497 e. The number of nitrogens with zero attached hydrogens (tertiary/aromatic N) is 2. The number of esters is 1. The average Bonchev–Trinajstić information content (AvgIpc) is 2.74. The van der Waals surface area contributed by atoms with Crippen LogP contribution in [0.25, 0.3) is 0 Å². The van der Waals surface area contributed by atoms with E-state index < -0.39 is 0 Å². The van der Waals surface area contributed by atoms with Gasteiger partial charge in [-0.1, -0.05) is 12.1 Å². The van der Waals surface area contributed by atoms with Crippen LogP contribution in [0.2, 0.25) is 0 Å². The van der Waals surface area contributed by atoms with E-state index in [1.807, 2.05) is 30.3 Å². The number of carbonyl (C=O) groups excluding carboxylic acids is 2. The van der Waals surface area contributed by atoms with Crippen molar-refractivity contribution in [1.82, 2.24) is 10.2 Å². The molecule has 0 aliphatic carbocycles. The summed E-state index contributed by atoms with van der Waals surface area (Å²) in [5.41, 5.74) is 1.21. The largest absolute Gasteiger partial charge is 0.497 e. The highest BCUT2D eigenvalue weighted by molar-refractivity contribution is 5.97. The zero-order chi connectivity index (χ0) is 20.4. The number of amides is 1. The van der Waals surface area contributed by atoms with E-state index >= 15 is 0 Å². The van der Waals surface area contributed by atoms with E-state index in [4.69, 9.17) is 9.47 Å². The molecule has 1 aromatic rings. The summed E-state index contributed by atoms with van der Waals surface area (Å²) in [6.45, 7) is 3.65. The molecule has 7 nitrogen and oxygen atoms in total. The molecule has 28 heavy (non-hydrogen) atoms. The van der Waals surface area contributed by atoms with Crippen LogP contribution < -0.4 is 10.1 Å². The summed E-state index contributed by atoms with van der Waals surface area (Å²) >= 11 is 0. The first-order chi connectivity index (χ1) is 13.6. The minimum absolute atomic E-state index is 0.0734. The summed E-state index contributed by atoms with van der Waals surface area (Å²) < 4.78 is 10.2. The molecule has 1 amide bonds. The minimum atomic E-state index is -0.304. The third kappa shape index (κ3) is 6.02. The number of ether oxygens (including phenoxy) is 2. The quantitative estimate of drug-likeness (QED) is 0.319. The Kier molecular flexibility index (Phi) is 8.35. The maximum atomic E-state index is 12.5. The van der Waals surface area contributed by atoms with Gasteiger partial charge in [0.15, 0.2) is 0 Å². The molecule has 0 aromatic heterocycles. The summed E-state index contributed by atoms with van der Waals surface area (Å²) in [5, 5.41) is 12.4. The van der Waals surface area contributed by atoms with Gasteiger partial charge in [-0.05, 0) is 43.9 Å². The Morgan fingerprint density at radius 1 is 1.29 bits per heavy atom. The van der Waals surface area contributed by atoms with Crippen LogP contribution in [-0.4, -0.2) is 50.1 Å². The zero-order valence-corrected chi connectivity index (χ0v) is 16.4. The van der Waals surface area contributed by atoms with Gasteiger partial charge in [0.25, 0.3) is 5.91 Å². The van der Waals surface area contributed by atoms with Crippen LogP contribution in [0.4, 0.5) is 0 Å². The molecule has 1 heterocycles. The maximum absolute atomic E-state index is 12.5. The molecule has 1 N–H and O–H groups in total. The van der Waals surface area contributed by atoms with Crippen LogP contribution in [0.3, 0.4) is 0 Å². The third-order valence-corrected chi connectivity index (χ3v) is 4.72. The second-order valence-corrected chi connectivity index (χ2v) is 6.54. The highest BCUT2D eigenvalue weighted by Crippen LogP contribution is 2.20. The summed E-state index contributed by atoms with van der Waals surface area (Å²) in [6.07, 6.45) is 3.37. The molecule has 7 heteroatoms. The van der Waals surface area contributed by atoms with Gasteiger partial charge < -0.3 is 19.7 Å². The topological polar surface area (TPSA) is 91.7 Å². The first-order valence-electron chi connectivity index (χ1n) is 9.51. The molecule has 0 atom stereocenters. The predicted molar refractivity (Wildman–Crippen MR) is 104 cm³/mol. The van der Waals surface area contributed by atoms with E-state index in [0.717, 1.165) is 17.7 Å². The molecule has 0 radical (unpaired) electrons. The Bertz CT molecular complexity index is 729. The van der Waals surface area contributed by atoms with Crippen LogP contribution >= 0.6 is 0 Å². The molecular formula is C21H27N3O4. The first-order valence-corrected chi connectivity index (χ1v) is 9.51. The Morgan fingerprint density at radius 2 is 1.96 bits per heavy atom. The van der Waals surface area contributed by atoms with Crippen molar-refractivity contribution in [2.24, 2.45) is 5.92 Å². The van der Waals surface area contributed by atoms with Crippen LogP contribution in [0.1, 0.15) is 25.3 Å². The fourth-order valence-corrected chi connectivity index (χ4v) is 3.07. The Labute approximate surface area is 165 Å². The Balaban J connectivity index is 1.80. The number of hydrogen-bond donors (Lipinski definition) is 1. The Morgan fingerprint density at radius 3 is 2.54 bits per heavy atom. The summed E-state index contributed by atoms with van der Waals surface area (Å²) in [4.78, 5) is 25.9. The van der Waals surface area contributed by atoms with Gasteiger partial charge in [0.2, 0.25) is 0 Å². The molecule has 1 aromatic carbocycles. The van der Waals surface area contributed by atoms with E-state index in [9.17, 15) is 14.9 Å². The van der Waals surface area contributed by atoms with Crippen LogP contribution in [-0.2, 0) is 20.7 Å². The first kappa shape index (κ1) is 21.3. The van der Waals surface area contributed by atoms with E-state index in [-0.39, 0.29) is 23.4 Å². The number of carbonyl (C=O) groups is 2. The van der Waals surface area contributed by atoms with Crippen molar-refractivity contribution in [3.63, 3.8) is 0 Å². The number of hydrogen-bond acceptors (Lipinski definition) is 6. The van der Waals surface area contributed by atoms with E-state index in [0.29, 0.717) is 39.1 Å². The molecule has 1 fully saturated rings. The predicted octanol–water partition coefficient (Wildman–Crippen LogP) is 2.04. The van der Waals surface area contributed by atoms with Gasteiger partial charge in [0, 0.05) is 25.8 Å². The molecule has 0 spiro atoms. The second kappa shape index (κ2) is 11.0. The van der Waals surface area contributed by atoms with Crippen LogP contribution in [0.15, 0.2) is 36.0 Å². The van der Waals surface area contributed by atoms with E-state index in [1.165, 1.54) is 6.20 Å². The fourth-order valence-electron chi connectivity index (χ4n) is 3.07. The molecule has 1 aliphatic rings. The van der Waals surface area contributed by atoms with Gasteiger partial charge in [0.1, 0.15) is 17.4 Å². The van der Waals surface area contributed by atoms with Gasteiger partial charge in [-0.25, -0.2) is 0 Å². The number of rotatable bonds is 8. The number of likely N-dealkylation sites (tertiary alicyclic amines) is 1. The number of nitriles is 1. The number of piperidine rings is 1. The van der Waals surface area contributed by atoms with E-state index in [1.54, 1.807) is 18.9 Å². The average molecular weight is 385 g/mol. The number of methoxy groups -OCH3 is 1. The summed E-state index contributed by atoms with van der Waals surface area (Å²) in [7, 11) is 1.63. The van der Waals surface area contributed by atoms with Crippen molar-refractivity contribution in [1.29, 1.82) is 5.26 Å². The monoisotopic (exact) mass is 385 g/mol. The molecule has 2 rings (SSSR count). The van der Waals surface area contributed by atoms with E-state index in [2.05, 4.69) is 5.32 Å². The highest BCUT2D eigenvalue weighted by Gasteiger charge is 2.29. The summed E-state index contributed by atoms with van der Waals surface area (Å²) in [6, 6.07) is 9.72. The SMILES string of the molecule is CCOC(=O)C1CCN(C(=O)/C(C#N)=C\NCCc2ccc(OC)cc2)CC1. The lowest BCUT2D eigenvalue weighted by Crippen LogP contribution is -2.41.